The van der Waals surface area contributed by atoms with Crippen molar-refractivity contribution in [3.63, 3.8) is 0 Å². The lowest BCUT2D eigenvalue weighted by molar-refractivity contribution is 0.0697. The van der Waals surface area contributed by atoms with Gasteiger partial charge in [0.05, 0.1) is 21.8 Å². The number of halogens is 1. The molecule has 2 rings (SSSR count). The number of aryl methyl sites for hydroxylation is 1. The van der Waals surface area contributed by atoms with E-state index in [-0.39, 0.29) is 5.56 Å². The summed E-state index contributed by atoms with van der Waals surface area (Å²) in [6.45, 7) is 0. The predicted molar refractivity (Wildman–Crippen MR) is 58.5 cm³/mol. The van der Waals surface area contributed by atoms with Crippen LogP contribution in [0.4, 0.5) is 0 Å². The Bertz CT molecular complexity index is 518. The van der Waals surface area contributed by atoms with E-state index < -0.39 is 5.97 Å². The molecule has 15 heavy (non-hydrogen) atoms. The van der Waals surface area contributed by atoms with Crippen molar-refractivity contribution in [3.05, 3.63) is 28.2 Å². The van der Waals surface area contributed by atoms with E-state index in [9.17, 15) is 4.79 Å². The van der Waals surface area contributed by atoms with Gasteiger partial charge in [-0.3, -0.25) is 4.68 Å². The molecule has 0 aliphatic carbocycles. The number of aromatic nitrogens is 2. The number of carboxylic acid groups (broad SMARTS) is 1. The largest absolute Gasteiger partial charge is 0.478 e. The highest BCUT2D eigenvalue weighted by atomic mass is 35.5. The highest BCUT2D eigenvalue weighted by molar-refractivity contribution is 7.14. The van der Waals surface area contributed by atoms with Crippen LogP contribution in [0.1, 0.15) is 10.4 Å². The summed E-state index contributed by atoms with van der Waals surface area (Å²) in [5, 5.41) is 15.3. The SMILES string of the molecule is Cn1ncc(C(=O)O)c1-c1sccc1Cl. The summed E-state index contributed by atoms with van der Waals surface area (Å²) in [6, 6.07) is 1.74. The van der Waals surface area contributed by atoms with Crippen LogP contribution in [0.3, 0.4) is 0 Å². The van der Waals surface area contributed by atoms with Gasteiger partial charge in [-0.15, -0.1) is 11.3 Å². The summed E-state index contributed by atoms with van der Waals surface area (Å²) < 4.78 is 1.52. The maximum Gasteiger partial charge on any atom is 0.339 e. The summed E-state index contributed by atoms with van der Waals surface area (Å²) in [7, 11) is 1.69. The zero-order valence-corrected chi connectivity index (χ0v) is 9.34. The number of carbonyl (C=O) groups is 1. The summed E-state index contributed by atoms with van der Waals surface area (Å²) in [5.74, 6) is -0.998. The van der Waals surface area contributed by atoms with E-state index >= 15 is 0 Å². The fourth-order valence-corrected chi connectivity index (χ4v) is 2.56. The van der Waals surface area contributed by atoms with Gasteiger partial charge in [0, 0.05) is 7.05 Å². The molecule has 0 aromatic carbocycles. The van der Waals surface area contributed by atoms with E-state index in [1.54, 1.807) is 13.1 Å². The van der Waals surface area contributed by atoms with Gasteiger partial charge in [0.2, 0.25) is 0 Å². The monoisotopic (exact) mass is 242 g/mol. The van der Waals surface area contributed by atoms with Crippen molar-refractivity contribution in [2.24, 2.45) is 7.05 Å². The molecule has 0 saturated heterocycles. The van der Waals surface area contributed by atoms with Gasteiger partial charge in [-0.25, -0.2) is 4.79 Å². The zero-order valence-electron chi connectivity index (χ0n) is 7.77. The van der Waals surface area contributed by atoms with E-state index in [2.05, 4.69) is 5.10 Å². The quantitative estimate of drug-likeness (QED) is 0.880. The van der Waals surface area contributed by atoms with Gasteiger partial charge in [-0.2, -0.15) is 5.10 Å². The van der Waals surface area contributed by atoms with Crippen LogP contribution in [0.15, 0.2) is 17.6 Å². The Balaban J connectivity index is 2.66. The van der Waals surface area contributed by atoms with Gasteiger partial charge in [-0.1, -0.05) is 11.6 Å². The fourth-order valence-electron chi connectivity index (χ4n) is 1.33. The number of hydrogen-bond acceptors (Lipinski definition) is 3. The lowest BCUT2D eigenvalue weighted by Gasteiger charge is -2.01. The van der Waals surface area contributed by atoms with Gasteiger partial charge in [0.15, 0.2) is 0 Å². The average molecular weight is 243 g/mol. The number of carboxylic acids is 1. The Morgan fingerprint density at radius 1 is 1.67 bits per heavy atom. The number of thiophene rings is 1. The molecule has 2 aromatic heterocycles. The standard InChI is InChI=1S/C9H7ClN2O2S/c1-12-7(5(4-11-12)9(13)14)8-6(10)2-3-15-8/h2-4H,1H3,(H,13,14). The molecule has 0 atom stereocenters. The van der Waals surface area contributed by atoms with Crippen molar-refractivity contribution in [3.8, 4) is 10.6 Å². The summed E-state index contributed by atoms with van der Waals surface area (Å²) in [6.07, 6.45) is 1.33. The normalized spacial score (nSPS) is 10.5. The molecule has 0 aliphatic rings. The fraction of sp³-hybridized carbons (Fsp3) is 0.111. The topological polar surface area (TPSA) is 55.1 Å². The molecule has 78 valence electrons. The van der Waals surface area contributed by atoms with Crippen LogP contribution in [-0.2, 0) is 7.05 Å². The first-order valence-corrected chi connectivity index (χ1v) is 5.35. The molecule has 0 radical (unpaired) electrons. The third-order valence-electron chi connectivity index (χ3n) is 2.00. The van der Waals surface area contributed by atoms with E-state index in [1.165, 1.54) is 22.2 Å². The molecule has 4 nitrogen and oxygen atoms in total. The number of aromatic carboxylic acids is 1. The second-order valence-corrected chi connectivity index (χ2v) is 4.26. The highest BCUT2D eigenvalue weighted by Crippen LogP contribution is 2.34. The molecular weight excluding hydrogens is 236 g/mol. The molecule has 2 heterocycles. The van der Waals surface area contributed by atoms with Crippen molar-refractivity contribution < 1.29 is 9.90 Å². The van der Waals surface area contributed by atoms with Crippen molar-refractivity contribution in [2.45, 2.75) is 0 Å². The van der Waals surface area contributed by atoms with Crippen molar-refractivity contribution in [1.29, 1.82) is 0 Å². The molecule has 0 aliphatic heterocycles. The molecule has 0 saturated carbocycles. The molecule has 0 spiro atoms. The smallest absolute Gasteiger partial charge is 0.339 e. The second kappa shape index (κ2) is 3.67. The van der Waals surface area contributed by atoms with E-state index in [4.69, 9.17) is 16.7 Å². The first-order valence-electron chi connectivity index (χ1n) is 4.10. The molecule has 0 bridgehead atoms. The summed E-state index contributed by atoms with van der Waals surface area (Å²) in [4.78, 5) is 11.7. The number of nitrogens with zero attached hydrogens (tertiary/aromatic N) is 2. The predicted octanol–water partition coefficient (Wildman–Crippen LogP) is 2.50. The first-order chi connectivity index (χ1) is 7.11. The first kappa shape index (κ1) is 10.2. The van der Waals surface area contributed by atoms with Crippen LogP contribution in [-0.4, -0.2) is 20.9 Å². The van der Waals surface area contributed by atoms with Crippen LogP contribution in [0.25, 0.3) is 10.6 Å². The number of rotatable bonds is 2. The molecule has 0 unspecified atom stereocenters. The van der Waals surface area contributed by atoms with Crippen LogP contribution >= 0.6 is 22.9 Å². The van der Waals surface area contributed by atoms with Gasteiger partial charge >= 0.3 is 5.97 Å². The Labute approximate surface area is 94.7 Å². The van der Waals surface area contributed by atoms with Crippen molar-refractivity contribution >= 4 is 28.9 Å². The minimum atomic E-state index is -0.998. The third-order valence-corrected chi connectivity index (χ3v) is 3.35. The van der Waals surface area contributed by atoms with Crippen LogP contribution in [0.5, 0.6) is 0 Å². The van der Waals surface area contributed by atoms with Crippen LogP contribution < -0.4 is 0 Å². The van der Waals surface area contributed by atoms with E-state index in [0.717, 1.165) is 4.88 Å². The average Bonchev–Trinajstić information content (AvgIpc) is 2.71. The van der Waals surface area contributed by atoms with Crippen molar-refractivity contribution in [2.75, 3.05) is 0 Å². The Hall–Kier alpha value is -1.33. The Kier molecular flexibility index (Phi) is 2.50. The van der Waals surface area contributed by atoms with Gasteiger partial charge in [-0.05, 0) is 11.4 Å². The minimum absolute atomic E-state index is 0.168. The summed E-state index contributed by atoms with van der Waals surface area (Å²) >= 11 is 7.35. The van der Waals surface area contributed by atoms with Gasteiger partial charge in [0.25, 0.3) is 0 Å². The zero-order chi connectivity index (χ0) is 11.0. The minimum Gasteiger partial charge on any atom is -0.478 e. The molecular formula is C9H7ClN2O2S. The van der Waals surface area contributed by atoms with Crippen molar-refractivity contribution in [1.82, 2.24) is 9.78 Å². The second-order valence-electron chi connectivity index (χ2n) is 2.93. The molecule has 2 aromatic rings. The highest BCUT2D eigenvalue weighted by Gasteiger charge is 2.19. The Morgan fingerprint density at radius 2 is 2.40 bits per heavy atom. The van der Waals surface area contributed by atoms with Crippen LogP contribution in [0, 0.1) is 0 Å². The van der Waals surface area contributed by atoms with Gasteiger partial charge < -0.3 is 5.11 Å². The molecule has 6 heteroatoms. The van der Waals surface area contributed by atoms with Crippen LogP contribution in [0.2, 0.25) is 5.02 Å². The van der Waals surface area contributed by atoms with E-state index in [1.807, 2.05) is 5.38 Å². The maximum atomic E-state index is 10.9. The summed E-state index contributed by atoms with van der Waals surface area (Å²) in [5.41, 5.74) is 0.712. The van der Waals surface area contributed by atoms with E-state index in [0.29, 0.717) is 10.7 Å². The van der Waals surface area contributed by atoms with Gasteiger partial charge in [0.1, 0.15) is 5.56 Å². The lowest BCUT2D eigenvalue weighted by atomic mass is 10.2. The molecule has 1 N–H and O–H groups in total. The Morgan fingerprint density at radius 3 is 2.93 bits per heavy atom. The lowest BCUT2D eigenvalue weighted by Crippen LogP contribution is -1.99. The molecule has 0 amide bonds. The number of hydrogen-bond donors (Lipinski definition) is 1. The third kappa shape index (κ3) is 1.64. The molecule has 0 fully saturated rings. The maximum absolute atomic E-state index is 10.9.